The molecule has 1 unspecified atom stereocenters. The van der Waals surface area contributed by atoms with E-state index in [1.54, 1.807) is 0 Å². The lowest BCUT2D eigenvalue weighted by molar-refractivity contribution is 0.165. The fourth-order valence-corrected chi connectivity index (χ4v) is 2.89. The molecule has 0 aromatic carbocycles. The minimum Gasteiger partial charge on any atom is -0.300 e. The van der Waals surface area contributed by atoms with Crippen LogP contribution >= 0.6 is 11.6 Å². The van der Waals surface area contributed by atoms with Crippen molar-refractivity contribution in [1.82, 2.24) is 19.5 Å². The predicted octanol–water partition coefficient (Wildman–Crippen LogP) is 2.97. The van der Waals surface area contributed by atoms with Crippen LogP contribution in [0.1, 0.15) is 38.4 Å². The zero-order valence-electron chi connectivity index (χ0n) is 11.4. The molecule has 19 heavy (non-hydrogen) atoms. The molecular formula is C14H19ClN4. The van der Waals surface area contributed by atoms with Crippen LogP contribution in [0, 0.1) is 0 Å². The van der Waals surface area contributed by atoms with Crippen molar-refractivity contribution in [3.8, 4) is 0 Å². The Hall–Kier alpha value is -1.13. The minimum atomic E-state index is 0.440. The van der Waals surface area contributed by atoms with Crippen molar-refractivity contribution in [2.45, 2.75) is 38.6 Å². The van der Waals surface area contributed by atoms with E-state index in [4.69, 9.17) is 11.6 Å². The number of halogens is 1. The lowest BCUT2D eigenvalue weighted by Crippen LogP contribution is -2.39. The van der Waals surface area contributed by atoms with Crippen LogP contribution in [0.2, 0.25) is 5.02 Å². The lowest BCUT2D eigenvalue weighted by Gasteiger charge is -2.34. The summed E-state index contributed by atoms with van der Waals surface area (Å²) in [4.78, 5) is 7.14. The number of aromatic nitrogens is 3. The van der Waals surface area contributed by atoms with Gasteiger partial charge in [-0.1, -0.05) is 11.6 Å². The second-order valence-electron chi connectivity index (χ2n) is 5.55. The normalized spacial score (nSPS) is 21.4. The van der Waals surface area contributed by atoms with Crippen LogP contribution in [-0.4, -0.2) is 38.6 Å². The van der Waals surface area contributed by atoms with Gasteiger partial charge in [0.15, 0.2) is 11.5 Å². The van der Waals surface area contributed by atoms with Crippen molar-refractivity contribution in [2.24, 2.45) is 0 Å². The average Bonchev–Trinajstić information content (AvgIpc) is 2.81. The first-order valence-electron chi connectivity index (χ1n) is 6.89. The molecule has 102 valence electrons. The zero-order chi connectivity index (χ0) is 13.4. The number of rotatable bonds is 2. The Morgan fingerprint density at radius 1 is 1.42 bits per heavy atom. The highest BCUT2D eigenvalue weighted by Crippen LogP contribution is 2.26. The number of fused-ring (bicyclic) bond motifs is 1. The van der Waals surface area contributed by atoms with Crippen molar-refractivity contribution in [3.63, 3.8) is 0 Å². The predicted molar refractivity (Wildman–Crippen MR) is 76.7 cm³/mol. The van der Waals surface area contributed by atoms with Gasteiger partial charge in [-0.15, -0.1) is 0 Å². The summed E-state index contributed by atoms with van der Waals surface area (Å²) in [6, 6.07) is 4.30. The molecule has 3 heterocycles. The van der Waals surface area contributed by atoms with Gasteiger partial charge in [-0.05, 0) is 39.3 Å². The average molecular weight is 279 g/mol. The summed E-state index contributed by atoms with van der Waals surface area (Å²) in [5.41, 5.74) is 0.837. The minimum absolute atomic E-state index is 0.440. The van der Waals surface area contributed by atoms with Gasteiger partial charge in [0.2, 0.25) is 0 Å². The second-order valence-corrected chi connectivity index (χ2v) is 5.98. The molecule has 2 aromatic heterocycles. The van der Waals surface area contributed by atoms with Crippen LogP contribution in [0.15, 0.2) is 18.3 Å². The smallest absolute Gasteiger partial charge is 0.157 e. The lowest BCUT2D eigenvalue weighted by atomic mass is 9.96. The van der Waals surface area contributed by atoms with Gasteiger partial charge in [-0.3, -0.25) is 0 Å². The van der Waals surface area contributed by atoms with Crippen LogP contribution in [-0.2, 0) is 0 Å². The van der Waals surface area contributed by atoms with Gasteiger partial charge in [-0.25, -0.2) is 9.50 Å². The van der Waals surface area contributed by atoms with Gasteiger partial charge >= 0.3 is 0 Å². The van der Waals surface area contributed by atoms with E-state index in [0.717, 1.165) is 18.0 Å². The van der Waals surface area contributed by atoms with E-state index in [2.05, 4.69) is 28.8 Å². The summed E-state index contributed by atoms with van der Waals surface area (Å²) in [6.45, 7) is 6.74. The molecule has 0 spiro atoms. The molecule has 1 aliphatic rings. The Labute approximate surface area is 118 Å². The number of hydrogen-bond donors (Lipinski definition) is 0. The van der Waals surface area contributed by atoms with E-state index in [1.165, 1.54) is 19.4 Å². The molecule has 0 N–H and O–H groups in total. The van der Waals surface area contributed by atoms with Gasteiger partial charge in [0.05, 0.1) is 0 Å². The topological polar surface area (TPSA) is 33.4 Å². The summed E-state index contributed by atoms with van der Waals surface area (Å²) in [7, 11) is 0. The van der Waals surface area contributed by atoms with Crippen LogP contribution < -0.4 is 0 Å². The van der Waals surface area contributed by atoms with Crippen molar-refractivity contribution in [3.05, 3.63) is 29.2 Å². The highest BCUT2D eigenvalue weighted by atomic mass is 35.5. The van der Waals surface area contributed by atoms with Gasteiger partial charge in [0.25, 0.3) is 0 Å². The molecule has 0 bridgehead atoms. The molecule has 1 fully saturated rings. The van der Waals surface area contributed by atoms with Crippen LogP contribution in [0.3, 0.4) is 0 Å². The first-order valence-corrected chi connectivity index (χ1v) is 7.27. The van der Waals surface area contributed by atoms with E-state index in [0.29, 0.717) is 17.0 Å². The number of nitrogens with zero attached hydrogens (tertiary/aromatic N) is 4. The Morgan fingerprint density at radius 2 is 2.26 bits per heavy atom. The maximum Gasteiger partial charge on any atom is 0.157 e. The maximum atomic E-state index is 5.99. The SMILES string of the molecule is CC(C)N1CCCC(c2nc3cc(Cl)ccn3n2)C1. The summed E-state index contributed by atoms with van der Waals surface area (Å²) in [5.74, 6) is 1.39. The van der Waals surface area contributed by atoms with Crippen molar-refractivity contribution < 1.29 is 0 Å². The molecule has 1 aliphatic heterocycles. The van der Waals surface area contributed by atoms with Crippen molar-refractivity contribution in [2.75, 3.05) is 13.1 Å². The Morgan fingerprint density at radius 3 is 3.05 bits per heavy atom. The van der Waals surface area contributed by atoms with Gasteiger partial charge in [0.1, 0.15) is 0 Å². The molecule has 0 radical (unpaired) electrons. The number of likely N-dealkylation sites (tertiary alicyclic amines) is 1. The molecule has 2 aromatic rings. The monoisotopic (exact) mass is 278 g/mol. The van der Waals surface area contributed by atoms with Crippen LogP contribution in [0.4, 0.5) is 0 Å². The molecule has 0 saturated carbocycles. The Balaban J connectivity index is 1.87. The van der Waals surface area contributed by atoms with Crippen LogP contribution in [0.25, 0.3) is 5.65 Å². The molecule has 0 aliphatic carbocycles. The van der Waals surface area contributed by atoms with Gasteiger partial charge in [0, 0.05) is 35.8 Å². The molecule has 5 heteroatoms. The molecule has 4 nitrogen and oxygen atoms in total. The molecular weight excluding hydrogens is 260 g/mol. The maximum absolute atomic E-state index is 5.99. The third-order valence-corrected chi connectivity index (χ3v) is 4.10. The summed E-state index contributed by atoms with van der Waals surface area (Å²) >= 11 is 5.99. The zero-order valence-corrected chi connectivity index (χ0v) is 12.1. The fraction of sp³-hybridized carbons (Fsp3) is 0.571. The fourth-order valence-electron chi connectivity index (χ4n) is 2.73. The van der Waals surface area contributed by atoms with E-state index in [1.807, 2.05) is 22.8 Å². The number of piperidine rings is 1. The summed E-state index contributed by atoms with van der Waals surface area (Å²) in [5, 5.41) is 5.30. The standard InChI is InChI=1S/C14H19ClN4/c1-10(2)18-6-3-4-11(9-18)14-16-13-8-12(15)5-7-19(13)17-14/h5,7-8,10-11H,3-4,6,9H2,1-2H3. The highest BCUT2D eigenvalue weighted by Gasteiger charge is 2.25. The van der Waals surface area contributed by atoms with Gasteiger partial charge in [-0.2, -0.15) is 5.10 Å². The Kier molecular flexibility index (Phi) is 3.46. The van der Waals surface area contributed by atoms with Gasteiger partial charge < -0.3 is 4.90 Å². The molecule has 0 amide bonds. The number of pyridine rings is 1. The number of hydrogen-bond acceptors (Lipinski definition) is 3. The summed E-state index contributed by atoms with van der Waals surface area (Å²) < 4.78 is 1.82. The van der Waals surface area contributed by atoms with E-state index in [9.17, 15) is 0 Å². The van der Waals surface area contributed by atoms with E-state index < -0.39 is 0 Å². The van der Waals surface area contributed by atoms with E-state index >= 15 is 0 Å². The Bertz CT molecular complexity index is 578. The van der Waals surface area contributed by atoms with Crippen molar-refractivity contribution in [1.29, 1.82) is 0 Å². The second kappa shape index (κ2) is 5.10. The highest BCUT2D eigenvalue weighted by molar-refractivity contribution is 6.30. The quantitative estimate of drug-likeness (QED) is 0.847. The molecule has 1 saturated heterocycles. The third kappa shape index (κ3) is 2.60. The molecule has 1 atom stereocenters. The first kappa shape index (κ1) is 12.9. The summed E-state index contributed by atoms with van der Waals surface area (Å²) in [6.07, 6.45) is 4.27. The van der Waals surface area contributed by atoms with E-state index in [-0.39, 0.29) is 0 Å². The van der Waals surface area contributed by atoms with Crippen molar-refractivity contribution >= 4 is 17.2 Å². The largest absolute Gasteiger partial charge is 0.300 e. The first-order chi connectivity index (χ1) is 9.13. The third-order valence-electron chi connectivity index (χ3n) is 3.86. The molecule has 3 rings (SSSR count). The van der Waals surface area contributed by atoms with Crippen LogP contribution in [0.5, 0.6) is 0 Å².